The number of urea groups is 1. The Bertz CT molecular complexity index is 896. The number of nitrogens with zero attached hydrogens (tertiary/aromatic N) is 6. The molecule has 1 spiro atoms. The summed E-state index contributed by atoms with van der Waals surface area (Å²) in [6, 6.07) is 4.65. The summed E-state index contributed by atoms with van der Waals surface area (Å²) in [4.78, 5) is 28.1. The molecule has 7 nitrogen and oxygen atoms in total. The largest absolute Gasteiger partial charge is 0.331 e. The molecule has 2 amide bonds. The highest BCUT2D eigenvalue weighted by molar-refractivity contribution is 5.74. The highest BCUT2D eigenvalue weighted by atomic mass is 16.2. The van der Waals surface area contributed by atoms with Gasteiger partial charge in [-0.15, -0.1) is 0 Å². The van der Waals surface area contributed by atoms with Crippen LogP contribution in [-0.2, 0) is 18.5 Å². The average molecular weight is 411 g/mol. The first kappa shape index (κ1) is 20.8. The van der Waals surface area contributed by atoms with Crippen molar-refractivity contribution in [3.63, 3.8) is 0 Å². The number of hydrogen-bond acceptors (Lipinski definition) is 4. The Balaban J connectivity index is 1.66. The molecule has 30 heavy (non-hydrogen) atoms. The molecule has 1 saturated heterocycles. The van der Waals surface area contributed by atoms with Crippen molar-refractivity contribution in [2.45, 2.75) is 58.2 Å². The minimum Gasteiger partial charge on any atom is -0.331 e. The van der Waals surface area contributed by atoms with Crippen LogP contribution in [0.25, 0.3) is 0 Å². The fourth-order valence-electron chi connectivity index (χ4n) is 5.29. The number of aryl methyl sites for hydroxylation is 1. The monoisotopic (exact) mass is 410 g/mol. The lowest BCUT2D eigenvalue weighted by Crippen LogP contribution is -2.54. The molecule has 4 heterocycles. The van der Waals surface area contributed by atoms with Crippen molar-refractivity contribution in [1.82, 2.24) is 29.2 Å². The molecule has 0 N–H and O–H groups in total. The van der Waals surface area contributed by atoms with Gasteiger partial charge in [0.05, 0.1) is 11.4 Å². The number of hydrogen-bond donors (Lipinski definition) is 0. The van der Waals surface area contributed by atoms with Gasteiger partial charge in [0, 0.05) is 70.7 Å². The molecule has 2 aromatic rings. The third-order valence-corrected chi connectivity index (χ3v) is 6.61. The van der Waals surface area contributed by atoms with Crippen LogP contribution in [0, 0.1) is 6.92 Å². The summed E-state index contributed by atoms with van der Waals surface area (Å²) in [5.74, 6) is 1.10. The number of amides is 2. The predicted octanol–water partition coefficient (Wildman–Crippen LogP) is 3.20. The van der Waals surface area contributed by atoms with Crippen LogP contribution < -0.4 is 0 Å². The quantitative estimate of drug-likeness (QED) is 0.780. The second kappa shape index (κ2) is 8.02. The van der Waals surface area contributed by atoms with Gasteiger partial charge in [0.15, 0.2) is 0 Å². The molecule has 1 fully saturated rings. The van der Waals surface area contributed by atoms with Crippen molar-refractivity contribution in [2.75, 3.05) is 33.7 Å². The summed E-state index contributed by atoms with van der Waals surface area (Å²) in [5, 5.41) is 0. The number of piperidine rings is 1. The van der Waals surface area contributed by atoms with Gasteiger partial charge >= 0.3 is 6.03 Å². The van der Waals surface area contributed by atoms with Gasteiger partial charge in [-0.1, -0.05) is 6.07 Å². The molecule has 0 unspecified atom stereocenters. The highest BCUT2D eigenvalue weighted by Crippen LogP contribution is 2.42. The Labute approximate surface area is 179 Å². The number of carbonyl (C=O) groups excluding carboxylic acids is 1. The van der Waals surface area contributed by atoms with Crippen molar-refractivity contribution in [3.05, 3.63) is 47.3 Å². The van der Waals surface area contributed by atoms with E-state index in [-0.39, 0.29) is 11.4 Å². The number of carbonyl (C=O) groups is 1. The molecule has 0 aliphatic carbocycles. The number of fused-ring (bicyclic) bond motifs is 2. The van der Waals surface area contributed by atoms with Crippen molar-refractivity contribution in [3.8, 4) is 0 Å². The van der Waals surface area contributed by atoms with E-state index in [1.807, 2.05) is 37.5 Å². The number of rotatable bonds is 3. The maximum Gasteiger partial charge on any atom is 0.319 e. The Morgan fingerprint density at radius 3 is 2.60 bits per heavy atom. The van der Waals surface area contributed by atoms with Gasteiger partial charge in [-0.3, -0.25) is 9.88 Å². The second-order valence-corrected chi connectivity index (χ2v) is 9.37. The van der Waals surface area contributed by atoms with Gasteiger partial charge in [-0.25, -0.2) is 9.78 Å². The molecule has 2 aromatic heterocycles. The lowest BCUT2D eigenvalue weighted by atomic mass is 9.72. The van der Waals surface area contributed by atoms with Crippen LogP contribution >= 0.6 is 0 Å². The standard InChI is InChI=1S/C23H34N6O/c1-17(2)29-18(3)25-21-20(29)15-27(14-19-7-6-10-24-13-19)16-23(21)8-11-28(12-9-23)22(30)26(4)5/h6-7,10,13,17H,8-9,11-12,14-16H2,1-5H3. The summed E-state index contributed by atoms with van der Waals surface area (Å²) in [6.07, 6.45) is 5.70. The van der Waals surface area contributed by atoms with Crippen LogP contribution in [0.2, 0.25) is 0 Å². The van der Waals surface area contributed by atoms with E-state index < -0.39 is 0 Å². The van der Waals surface area contributed by atoms with Crippen molar-refractivity contribution < 1.29 is 4.79 Å². The van der Waals surface area contributed by atoms with E-state index in [1.165, 1.54) is 17.0 Å². The van der Waals surface area contributed by atoms with E-state index in [0.29, 0.717) is 6.04 Å². The van der Waals surface area contributed by atoms with E-state index in [9.17, 15) is 4.79 Å². The molecule has 0 saturated carbocycles. The Kier molecular flexibility index (Phi) is 5.57. The van der Waals surface area contributed by atoms with Crippen molar-refractivity contribution in [2.24, 2.45) is 0 Å². The van der Waals surface area contributed by atoms with E-state index in [1.54, 1.807) is 4.90 Å². The van der Waals surface area contributed by atoms with Crippen LogP contribution in [0.1, 0.15) is 55.5 Å². The van der Waals surface area contributed by atoms with Crippen molar-refractivity contribution in [1.29, 1.82) is 0 Å². The molecule has 4 rings (SSSR count). The lowest BCUT2D eigenvalue weighted by Gasteiger charge is -2.47. The minimum atomic E-state index is 0.00376. The smallest absolute Gasteiger partial charge is 0.319 e. The van der Waals surface area contributed by atoms with Gasteiger partial charge in [-0.2, -0.15) is 0 Å². The summed E-state index contributed by atoms with van der Waals surface area (Å²) < 4.78 is 2.41. The maximum atomic E-state index is 12.5. The third kappa shape index (κ3) is 3.71. The number of imidazole rings is 1. The zero-order valence-electron chi connectivity index (χ0n) is 18.9. The summed E-state index contributed by atoms with van der Waals surface area (Å²) >= 11 is 0. The molecule has 0 radical (unpaired) electrons. The first-order valence-electron chi connectivity index (χ1n) is 11.0. The van der Waals surface area contributed by atoms with E-state index in [0.717, 1.165) is 51.4 Å². The van der Waals surface area contributed by atoms with Gasteiger partial charge in [0.1, 0.15) is 5.82 Å². The van der Waals surface area contributed by atoms with Crippen LogP contribution in [-0.4, -0.2) is 69.0 Å². The van der Waals surface area contributed by atoms with Crippen LogP contribution in [0.4, 0.5) is 4.79 Å². The molecule has 0 atom stereocenters. The summed E-state index contributed by atoms with van der Waals surface area (Å²) in [6.45, 7) is 10.9. The summed E-state index contributed by atoms with van der Waals surface area (Å²) in [7, 11) is 3.66. The molecule has 2 aliphatic heterocycles. The van der Waals surface area contributed by atoms with Crippen LogP contribution in [0.5, 0.6) is 0 Å². The normalized spacial score (nSPS) is 18.7. The third-order valence-electron chi connectivity index (χ3n) is 6.61. The average Bonchev–Trinajstić information content (AvgIpc) is 3.06. The number of pyridine rings is 1. The second-order valence-electron chi connectivity index (χ2n) is 9.37. The molecule has 0 aromatic carbocycles. The topological polar surface area (TPSA) is 57.5 Å². The van der Waals surface area contributed by atoms with E-state index >= 15 is 0 Å². The van der Waals surface area contributed by atoms with E-state index in [4.69, 9.17) is 4.98 Å². The maximum absolute atomic E-state index is 12.5. The van der Waals surface area contributed by atoms with Crippen LogP contribution in [0.3, 0.4) is 0 Å². The van der Waals surface area contributed by atoms with Crippen LogP contribution in [0.15, 0.2) is 24.5 Å². The lowest BCUT2D eigenvalue weighted by molar-refractivity contribution is 0.0914. The zero-order valence-corrected chi connectivity index (χ0v) is 18.9. The SMILES string of the molecule is Cc1nc2c(n1C(C)C)CN(Cc1cccnc1)CC21CCN(C(=O)N(C)C)CC1. The van der Waals surface area contributed by atoms with Gasteiger partial charge in [0.2, 0.25) is 0 Å². The van der Waals surface area contributed by atoms with Gasteiger partial charge in [-0.05, 0) is 45.2 Å². The van der Waals surface area contributed by atoms with Gasteiger partial charge in [0.25, 0.3) is 0 Å². The predicted molar refractivity (Wildman–Crippen MR) is 117 cm³/mol. The molecule has 162 valence electrons. The zero-order chi connectivity index (χ0) is 21.5. The highest BCUT2D eigenvalue weighted by Gasteiger charge is 2.46. The van der Waals surface area contributed by atoms with Crippen molar-refractivity contribution >= 4 is 6.03 Å². The first-order chi connectivity index (χ1) is 14.3. The Morgan fingerprint density at radius 2 is 2.00 bits per heavy atom. The minimum absolute atomic E-state index is 0.00376. The van der Waals surface area contributed by atoms with Gasteiger partial charge < -0.3 is 14.4 Å². The molecule has 7 heteroatoms. The number of aromatic nitrogens is 3. The molecular formula is C23H34N6O. The Hall–Kier alpha value is -2.41. The summed E-state index contributed by atoms with van der Waals surface area (Å²) in [5.41, 5.74) is 3.87. The fraction of sp³-hybridized carbons (Fsp3) is 0.609. The fourth-order valence-corrected chi connectivity index (χ4v) is 5.29. The first-order valence-corrected chi connectivity index (χ1v) is 11.0. The number of likely N-dealkylation sites (tertiary alicyclic amines) is 1. The molecule has 2 aliphatic rings. The Morgan fingerprint density at radius 1 is 1.27 bits per heavy atom. The van der Waals surface area contributed by atoms with E-state index in [2.05, 4.69) is 41.3 Å². The molecule has 0 bridgehead atoms. The molecular weight excluding hydrogens is 376 g/mol.